The Morgan fingerprint density at radius 3 is 2.47 bits per heavy atom. The van der Waals surface area contributed by atoms with E-state index >= 15 is 0 Å². The number of ether oxygens (including phenoxy) is 1. The van der Waals surface area contributed by atoms with Gasteiger partial charge in [0.15, 0.2) is 0 Å². The summed E-state index contributed by atoms with van der Waals surface area (Å²) in [5, 5.41) is 11.0. The molecule has 0 fully saturated rings. The van der Waals surface area contributed by atoms with Gasteiger partial charge in [-0.25, -0.2) is 0 Å². The first kappa shape index (κ1) is 13.9. The molecule has 0 bridgehead atoms. The number of benzene rings is 2. The Kier molecular flexibility index (Phi) is 4.44. The van der Waals surface area contributed by atoms with Crippen LogP contribution in [-0.4, -0.2) is 11.2 Å². The van der Waals surface area contributed by atoms with Crippen molar-refractivity contribution in [2.75, 3.05) is 6.26 Å². The van der Waals surface area contributed by atoms with Crippen molar-refractivity contribution >= 4 is 33.4 Å². The number of hydrogen-bond acceptors (Lipinski definition) is 4. The normalized spacial score (nSPS) is 10.2. The molecule has 0 saturated carbocycles. The van der Waals surface area contributed by atoms with Crippen LogP contribution in [0.3, 0.4) is 0 Å². The van der Waals surface area contributed by atoms with Crippen LogP contribution in [0.5, 0.6) is 11.5 Å². The lowest BCUT2D eigenvalue weighted by molar-refractivity contribution is -0.385. The molecule has 0 aliphatic heterocycles. The average Bonchev–Trinajstić information content (AvgIpc) is 2.41. The molecular formula is C13H10BrNO3S. The molecule has 0 spiro atoms. The molecule has 0 unspecified atom stereocenters. The zero-order chi connectivity index (χ0) is 13.8. The number of rotatable bonds is 4. The van der Waals surface area contributed by atoms with E-state index in [0.29, 0.717) is 10.2 Å². The van der Waals surface area contributed by atoms with Gasteiger partial charge in [-0.3, -0.25) is 10.1 Å². The van der Waals surface area contributed by atoms with Gasteiger partial charge in [0.05, 0.1) is 4.92 Å². The molecule has 2 aromatic carbocycles. The van der Waals surface area contributed by atoms with Gasteiger partial charge in [0.25, 0.3) is 0 Å². The highest BCUT2D eigenvalue weighted by molar-refractivity contribution is 9.10. The molecule has 4 nitrogen and oxygen atoms in total. The number of halogens is 1. The fraction of sp³-hybridized carbons (Fsp3) is 0.0769. The van der Waals surface area contributed by atoms with Crippen molar-refractivity contribution in [3.63, 3.8) is 0 Å². The molecule has 19 heavy (non-hydrogen) atoms. The van der Waals surface area contributed by atoms with Crippen molar-refractivity contribution < 1.29 is 9.66 Å². The summed E-state index contributed by atoms with van der Waals surface area (Å²) in [6.07, 6.45) is 1.98. The van der Waals surface area contributed by atoms with E-state index < -0.39 is 4.92 Å². The maximum absolute atomic E-state index is 11.0. The molecule has 0 atom stereocenters. The van der Waals surface area contributed by atoms with E-state index in [1.165, 1.54) is 6.07 Å². The number of nitro groups is 1. The average molecular weight is 340 g/mol. The molecule has 0 heterocycles. The summed E-state index contributed by atoms with van der Waals surface area (Å²) in [7, 11) is 0. The second-order valence-electron chi connectivity index (χ2n) is 3.65. The molecular weight excluding hydrogens is 330 g/mol. The summed E-state index contributed by atoms with van der Waals surface area (Å²) < 4.78 is 6.20. The first-order valence-corrected chi connectivity index (χ1v) is 7.38. The minimum atomic E-state index is -0.462. The van der Waals surface area contributed by atoms with Gasteiger partial charge in [0, 0.05) is 15.4 Å². The van der Waals surface area contributed by atoms with Gasteiger partial charge in [-0.1, -0.05) is 15.9 Å². The minimum Gasteiger partial charge on any atom is -0.450 e. The Morgan fingerprint density at radius 2 is 1.89 bits per heavy atom. The van der Waals surface area contributed by atoms with E-state index in [0.717, 1.165) is 4.90 Å². The topological polar surface area (TPSA) is 52.4 Å². The zero-order valence-corrected chi connectivity index (χ0v) is 12.4. The van der Waals surface area contributed by atoms with Crippen molar-refractivity contribution in [2.45, 2.75) is 4.90 Å². The lowest BCUT2D eigenvalue weighted by Gasteiger charge is -2.07. The number of thioether (sulfide) groups is 1. The van der Waals surface area contributed by atoms with Crippen LogP contribution < -0.4 is 4.74 Å². The van der Waals surface area contributed by atoms with Crippen molar-refractivity contribution in [2.24, 2.45) is 0 Å². The fourth-order valence-corrected chi connectivity index (χ4v) is 2.25. The molecule has 0 saturated heterocycles. The van der Waals surface area contributed by atoms with Crippen LogP contribution in [0, 0.1) is 10.1 Å². The first-order valence-electron chi connectivity index (χ1n) is 5.36. The third-order valence-corrected chi connectivity index (χ3v) is 3.64. The number of hydrogen-bond donors (Lipinski definition) is 0. The van der Waals surface area contributed by atoms with Crippen LogP contribution in [0.4, 0.5) is 5.69 Å². The van der Waals surface area contributed by atoms with E-state index in [1.807, 2.05) is 18.4 Å². The number of nitrogens with zero attached hydrogens (tertiary/aromatic N) is 1. The lowest BCUT2D eigenvalue weighted by atomic mass is 10.3. The Bertz CT molecular complexity index is 601. The van der Waals surface area contributed by atoms with Gasteiger partial charge in [0.1, 0.15) is 5.75 Å². The fourth-order valence-electron chi connectivity index (χ4n) is 1.49. The van der Waals surface area contributed by atoms with Crippen LogP contribution in [0.2, 0.25) is 0 Å². The van der Waals surface area contributed by atoms with Gasteiger partial charge in [-0.15, -0.1) is 11.8 Å². The molecule has 0 N–H and O–H groups in total. The minimum absolute atomic E-state index is 0.0664. The van der Waals surface area contributed by atoms with Gasteiger partial charge in [-0.2, -0.15) is 0 Å². The highest BCUT2D eigenvalue weighted by atomic mass is 79.9. The Hall–Kier alpha value is -1.53. The standard InChI is InChI=1S/C13H10BrNO3S/c1-19-11-5-3-10(4-6-11)18-13-7-2-9(14)8-12(13)15(16)17/h2-8H,1H3. The second kappa shape index (κ2) is 6.08. The third-order valence-electron chi connectivity index (χ3n) is 2.40. The van der Waals surface area contributed by atoms with Crippen LogP contribution in [-0.2, 0) is 0 Å². The van der Waals surface area contributed by atoms with Gasteiger partial charge in [-0.05, 0) is 42.7 Å². The first-order chi connectivity index (χ1) is 9.10. The molecule has 0 amide bonds. The quantitative estimate of drug-likeness (QED) is 0.453. The summed E-state index contributed by atoms with van der Waals surface area (Å²) in [4.78, 5) is 11.6. The summed E-state index contributed by atoms with van der Waals surface area (Å²) in [6, 6.07) is 12.1. The number of nitro benzene ring substituents is 1. The Labute approximate surface area is 123 Å². The van der Waals surface area contributed by atoms with Crippen molar-refractivity contribution in [3.8, 4) is 11.5 Å². The Balaban J connectivity index is 2.29. The second-order valence-corrected chi connectivity index (χ2v) is 5.44. The molecule has 98 valence electrons. The maximum Gasteiger partial charge on any atom is 0.312 e. The van der Waals surface area contributed by atoms with Crippen LogP contribution in [0.1, 0.15) is 0 Å². The van der Waals surface area contributed by atoms with E-state index in [-0.39, 0.29) is 11.4 Å². The SMILES string of the molecule is CSc1ccc(Oc2ccc(Br)cc2[N+](=O)[O-])cc1. The summed E-state index contributed by atoms with van der Waals surface area (Å²) in [6.45, 7) is 0. The smallest absolute Gasteiger partial charge is 0.312 e. The molecule has 6 heteroatoms. The predicted octanol–water partition coefficient (Wildman–Crippen LogP) is 4.87. The van der Waals surface area contributed by atoms with E-state index in [2.05, 4.69) is 15.9 Å². The van der Waals surface area contributed by atoms with Gasteiger partial charge >= 0.3 is 5.69 Å². The summed E-state index contributed by atoms with van der Waals surface area (Å²) >= 11 is 4.83. The molecule has 2 aromatic rings. The summed E-state index contributed by atoms with van der Waals surface area (Å²) in [5.74, 6) is 0.799. The highest BCUT2D eigenvalue weighted by Crippen LogP contribution is 2.34. The molecule has 0 aliphatic rings. The largest absolute Gasteiger partial charge is 0.450 e. The molecule has 2 rings (SSSR count). The molecule has 0 aromatic heterocycles. The monoisotopic (exact) mass is 339 g/mol. The van der Waals surface area contributed by atoms with E-state index in [9.17, 15) is 10.1 Å². The zero-order valence-electron chi connectivity index (χ0n) is 10.00. The van der Waals surface area contributed by atoms with E-state index in [1.54, 1.807) is 36.0 Å². The van der Waals surface area contributed by atoms with Crippen LogP contribution in [0.25, 0.3) is 0 Å². The Morgan fingerprint density at radius 1 is 1.21 bits per heavy atom. The van der Waals surface area contributed by atoms with Crippen molar-refractivity contribution in [1.82, 2.24) is 0 Å². The van der Waals surface area contributed by atoms with Gasteiger partial charge < -0.3 is 4.74 Å². The van der Waals surface area contributed by atoms with Crippen molar-refractivity contribution in [3.05, 3.63) is 57.1 Å². The van der Waals surface area contributed by atoms with Crippen LogP contribution in [0.15, 0.2) is 51.8 Å². The lowest BCUT2D eigenvalue weighted by Crippen LogP contribution is -1.93. The molecule has 0 radical (unpaired) electrons. The van der Waals surface area contributed by atoms with Crippen molar-refractivity contribution in [1.29, 1.82) is 0 Å². The van der Waals surface area contributed by atoms with Crippen LogP contribution >= 0.6 is 27.7 Å². The third kappa shape index (κ3) is 3.48. The molecule has 0 aliphatic carbocycles. The summed E-state index contributed by atoms with van der Waals surface area (Å²) in [5.41, 5.74) is -0.0664. The predicted molar refractivity (Wildman–Crippen MR) is 79.1 cm³/mol. The van der Waals surface area contributed by atoms with Gasteiger partial charge in [0.2, 0.25) is 5.75 Å². The maximum atomic E-state index is 11.0. The highest BCUT2D eigenvalue weighted by Gasteiger charge is 2.16. The van der Waals surface area contributed by atoms with E-state index in [4.69, 9.17) is 4.74 Å².